The van der Waals surface area contributed by atoms with Gasteiger partial charge < -0.3 is 5.32 Å². The van der Waals surface area contributed by atoms with E-state index in [0.29, 0.717) is 40.0 Å². The van der Waals surface area contributed by atoms with Gasteiger partial charge in [0.1, 0.15) is 0 Å². The van der Waals surface area contributed by atoms with E-state index in [-0.39, 0.29) is 16.3 Å². The molecule has 0 saturated carbocycles. The SMILES string of the molecule is Cn1c(=O)n(C)c2cc(S(=O)(=O)Nc3cc4c(cc3NCc3ccccc3)n(C)c(=O)n4C)ccc21. The van der Waals surface area contributed by atoms with E-state index in [9.17, 15) is 18.0 Å². The van der Waals surface area contributed by atoms with Crippen LogP contribution in [-0.2, 0) is 44.8 Å². The summed E-state index contributed by atoms with van der Waals surface area (Å²) in [4.78, 5) is 24.8. The molecular weight excluding hydrogens is 480 g/mol. The summed E-state index contributed by atoms with van der Waals surface area (Å²) in [5.41, 5.74) is 3.80. The molecule has 0 bridgehead atoms. The number of fused-ring (bicyclic) bond motifs is 2. The molecule has 3 aromatic carbocycles. The lowest BCUT2D eigenvalue weighted by Crippen LogP contribution is -2.19. The van der Waals surface area contributed by atoms with Crippen molar-refractivity contribution in [3.8, 4) is 0 Å². The number of rotatable bonds is 6. The standard InChI is InChI=1S/C25H26N6O4S/c1-28-20-11-10-17(12-21(20)29(2)24(28)32)36(34,35)27-19-14-23-22(30(3)25(33)31(23)4)13-18(19)26-15-16-8-6-5-7-9-16/h5-14,26-27H,15H2,1-4H3. The maximum atomic E-state index is 13.5. The third-order valence-electron chi connectivity index (χ3n) is 6.54. The maximum absolute atomic E-state index is 13.5. The number of aryl methyl sites for hydroxylation is 4. The molecule has 0 aliphatic rings. The molecule has 0 aliphatic heterocycles. The van der Waals surface area contributed by atoms with Crippen molar-refractivity contribution in [2.24, 2.45) is 28.2 Å². The molecule has 0 saturated heterocycles. The topological polar surface area (TPSA) is 112 Å². The third kappa shape index (κ3) is 3.77. The van der Waals surface area contributed by atoms with E-state index in [1.807, 2.05) is 30.3 Å². The lowest BCUT2D eigenvalue weighted by molar-refractivity contribution is 0.601. The van der Waals surface area contributed by atoms with Crippen LogP contribution in [0.25, 0.3) is 22.1 Å². The van der Waals surface area contributed by atoms with Gasteiger partial charge in [-0.2, -0.15) is 0 Å². The average Bonchev–Trinajstić information content (AvgIpc) is 3.22. The minimum Gasteiger partial charge on any atom is -0.379 e. The predicted octanol–water partition coefficient (Wildman–Crippen LogP) is 2.48. The zero-order valence-electron chi connectivity index (χ0n) is 20.3. The Morgan fingerprint density at radius 1 is 0.667 bits per heavy atom. The van der Waals surface area contributed by atoms with Crippen LogP contribution in [0.4, 0.5) is 11.4 Å². The van der Waals surface area contributed by atoms with Gasteiger partial charge in [0.15, 0.2) is 0 Å². The molecule has 0 radical (unpaired) electrons. The number of anilines is 2. The average molecular weight is 507 g/mol. The van der Waals surface area contributed by atoms with E-state index in [1.54, 1.807) is 46.4 Å². The lowest BCUT2D eigenvalue weighted by Gasteiger charge is -2.16. The molecule has 186 valence electrons. The summed E-state index contributed by atoms with van der Waals surface area (Å²) < 4.78 is 35.5. The van der Waals surface area contributed by atoms with Crippen LogP contribution >= 0.6 is 0 Å². The molecule has 11 heteroatoms. The monoisotopic (exact) mass is 506 g/mol. The second kappa shape index (κ2) is 8.45. The number of benzene rings is 3. The zero-order valence-corrected chi connectivity index (χ0v) is 21.1. The first-order valence-electron chi connectivity index (χ1n) is 11.2. The highest BCUT2D eigenvalue weighted by atomic mass is 32.2. The molecular formula is C25H26N6O4S. The number of imidazole rings is 2. The van der Waals surface area contributed by atoms with E-state index in [2.05, 4.69) is 10.0 Å². The quantitative estimate of drug-likeness (QED) is 0.368. The van der Waals surface area contributed by atoms with Crippen LogP contribution in [0.15, 0.2) is 75.1 Å². The molecule has 10 nitrogen and oxygen atoms in total. The Balaban J connectivity index is 1.60. The normalized spacial score (nSPS) is 11.9. The first-order valence-corrected chi connectivity index (χ1v) is 12.7. The van der Waals surface area contributed by atoms with Crippen molar-refractivity contribution in [1.29, 1.82) is 0 Å². The summed E-state index contributed by atoms with van der Waals surface area (Å²) in [6.45, 7) is 0.458. The predicted molar refractivity (Wildman–Crippen MR) is 141 cm³/mol. The first kappa shape index (κ1) is 23.5. The highest BCUT2D eigenvalue weighted by Crippen LogP contribution is 2.31. The van der Waals surface area contributed by atoms with Crippen LogP contribution in [0.3, 0.4) is 0 Å². The Morgan fingerprint density at radius 3 is 1.81 bits per heavy atom. The minimum atomic E-state index is -4.02. The highest BCUT2D eigenvalue weighted by Gasteiger charge is 2.21. The summed E-state index contributed by atoms with van der Waals surface area (Å²) in [7, 11) is 2.54. The Bertz CT molecular complexity index is 1860. The third-order valence-corrected chi connectivity index (χ3v) is 7.90. The van der Waals surface area contributed by atoms with Gasteiger partial charge in [0.2, 0.25) is 0 Å². The lowest BCUT2D eigenvalue weighted by atomic mass is 10.2. The summed E-state index contributed by atoms with van der Waals surface area (Å²) in [5.74, 6) is 0. The summed E-state index contributed by atoms with van der Waals surface area (Å²) >= 11 is 0. The van der Waals surface area contributed by atoms with Crippen molar-refractivity contribution in [2.45, 2.75) is 11.4 Å². The number of aromatic nitrogens is 4. The molecule has 2 N–H and O–H groups in total. The van der Waals surface area contributed by atoms with Crippen LogP contribution in [0, 0.1) is 0 Å². The van der Waals surface area contributed by atoms with E-state index in [1.165, 1.54) is 30.4 Å². The molecule has 0 spiro atoms. The van der Waals surface area contributed by atoms with E-state index < -0.39 is 10.0 Å². The van der Waals surface area contributed by atoms with Gasteiger partial charge in [0, 0.05) is 34.7 Å². The fourth-order valence-electron chi connectivity index (χ4n) is 4.43. The fraction of sp³-hybridized carbons (Fsp3) is 0.200. The molecule has 0 amide bonds. The zero-order chi connectivity index (χ0) is 25.8. The number of nitrogens with one attached hydrogen (secondary N) is 2. The first-order chi connectivity index (χ1) is 17.1. The Labute approximate surface area is 207 Å². The molecule has 36 heavy (non-hydrogen) atoms. The molecule has 0 aliphatic carbocycles. The van der Waals surface area contributed by atoms with Gasteiger partial charge in [0.05, 0.1) is 38.3 Å². The Hall–Kier alpha value is -4.25. The summed E-state index contributed by atoms with van der Waals surface area (Å²) in [6.07, 6.45) is 0. The summed E-state index contributed by atoms with van der Waals surface area (Å²) in [5, 5.41) is 3.30. The van der Waals surface area contributed by atoms with Gasteiger partial charge >= 0.3 is 11.4 Å². The highest BCUT2D eigenvalue weighted by molar-refractivity contribution is 7.92. The smallest absolute Gasteiger partial charge is 0.328 e. The molecule has 0 fully saturated rings. The van der Waals surface area contributed by atoms with Crippen molar-refractivity contribution in [3.63, 3.8) is 0 Å². The van der Waals surface area contributed by atoms with Gasteiger partial charge in [-0.1, -0.05) is 30.3 Å². The van der Waals surface area contributed by atoms with Crippen molar-refractivity contribution < 1.29 is 8.42 Å². The molecule has 0 atom stereocenters. The second-order valence-electron chi connectivity index (χ2n) is 8.78. The van der Waals surface area contributed by atoms with E-state index in [4.69, 9.17) is 0 Å². The van der Waals surface area contributed by atoms with E-state index >= 15 is 0 Å². The molecule has 0 unspecified atom stereocenters. The van der Waals surface area contributed by atoms with Crippen LogP contribution < -0.4 is 21.4 Å². The number of nitrogens with zero attached hydrogens (tertiary/aromatic N) is 4. The fourth-order valence-corrected chi connectivity index (χ4v) is 5.52. The van der Waals surface area contributed by atoms with Gasteiger partial charge in [0.25, 0.3) is 10.0 Å². The van der Waals surface area contributed by atoms with Crippen LogP contribution in [0.2, 0.25) is 0 Å². The molecule has 5 aromatic rings. The number of hydrogen-bond acceptors (Lipinski definition) is 5. The van der Waals surface area contributed by atoms with Crippen molar-refractivity contribution >= 4 is 43.5 Å². The minimum absolute atomic E-state index is 0.0206. The van der Waals surface area contributed by atoms with Gasteiger partial charge in [-0.15, -0.1) is 0 Å². The van der Waals surface area contributed by atoms with Crippen molar-refractivity contribution in [3.05, 3.63) is 87.2 Å². The Morgan fingerprint density at radius 2 is 1.19 bits per heavy atom. The largest absolute Gasteiger partial charge is 0.379 e. The van der Waals surface area contributed by atoms with Gasteiger partial charge in [-0.05, 0) is 35.9 Å². The number of sulfonamides is 1. The molecule has 2 aromatic heterocycles. The van der Waals surface area contributed by atoms with Gasteiger partial charge in [-0.25, -0.2) is 18.0 Å². The van der Waals surface area contributed by atoms with Crippen LogP contribution in [0.1, 0.15) is 5.56 Å². The van der Waals surface area contributed by atoms with Gasteiger partial charge in [-0.3, -0.25) is 23.0 Å². The maximum Gasteiger partial charge on any atom is 0.328 e. The molecule has 2 heterocycles. The summed E-state index contributed by atoms with van der Waals surface area (Å²) in [6, 6.07) is 17.7. The van der Waals surface area contributed by atoms with E-state index in [0.717, 1.165) is 5.56 Å². The van der Waals surface area contributed by atoms with Crippen molar-refractivity contribution in [1.82, 2.24) is 18.3 Å². The molecule has 5 rings (SSSR count). The van der Waals surface area contributed by atoms with Crippen LogP contribution in [-0.4, -0.2) is 26.7 Å². The Kier molecular flexibility index (Phi) is 5.51. The second-order valence-corrected chi connectivity index (χ2v) is 10.5. The van der Waals surface area contributed by atoms with Crippen LogP contribution in [0.5, 0.6) is 0 Å². The number of hydrogen-bond donors (Lipinski definition) is 2. The van der Waals surface area contributed by atoms with Crippen molar-refractivity contribution in [2.75, 3.05) is 10.0 Å².